The zero-order chi connectivity index (χ0) is 15.1. The van der Waals surface area contributed by atoms with Crippen molar-refractivity contribution >= 4 is 35.0 Å². The van der Waals surface area contributed by atoms with Gasteiger partial charge >= 0.3 is 0 Å². The summed E-state index contributed by atoms with van der Waals surface area (Å²) in [7, 11) is 0. The van der Waals surface area contributed by atoms with Gasteiger partial charge in [0.05, 0.1) is 0 Å². The molecule has 0 aliphatic rings. The number of carbonyl (C=O) groups is 1. The number of amides is 1. The fourth-order valence-corrected chi connectivity index (χ4v) is 1.97. The number of para-hydroxylation sites is 1. The zero-order valence-electron chi connectivity index (χ0n) is 11.7. The molecule has 2 aromatic rings. The van der Waals surface area contributed by atoms with Gasteiger partial charge < -0.3 is 5.32 Å². The summed E-state index contributed by atoms with van der Waals surface area (Å²) in [5.74, 6) is -0.259. The average Bonchev–Trinajstić information content (AvgIpc) is 2.48. The number of nitrogens with one attached hydrogen (secondary N) is 2. The molecule has 0 heterocycles. The molecule has 0 aromatic heterocycles. The third-order valence-corrected chi connectivity index (χ3v) is 3.06. The maximum absolute atomic E-state index is 11.8. The predicted molar refractivity (Wildman–Crippen MR) is 91.0 cm³/mol. The van der Waals surface area contributed by atoms with Crippen molar-refractivity contribution in [3.63, 3.8) is 0 Å². The molecule has 106 valence electrons. The number of hydrogen-bond acceptors (Lipinski definition) is 2. The first-order valence-electron chi connectivity index (χ1n) is 6.56. The Morgan fingerprint density at radius 1 is 1.05 bits per heavy atom. The van der Waals surface area contributed by atoms with Crippen LogP contribution in [0.25, 0.3) is 6.08 Å². The van der Waals surface area contributed by atoms with Gasteiger partial charge in [0, 0.05) is 11.8 Å². The highest BCUT2D eigenvalue weighted by Gasteiger charge is 2.03. The van der Waals surface area contributed by atoms with Crippen molar-refractivity contribution in [2.45, 2.75) is 6.92 Å². The number of thiocarbonyl (C=S) groups is 1. The summed E-state index contributed by atoms with van der Waals surface area (Å²) >= 11 is 5.13. The van der Waals surface area contributed by atoms with Crippen LogP contribution in [0, 0.1) is 6.92 Å². The first-order valence-corrected chi connectivity index (χ1v) is 6.97. The topological polar surface area (TPSA) is 41.1 Å². The van der Waals surface area contributed by atoms with Crippen LogP contribution in [0.4, 0.5) is 5.69 Å². The number of benzene rings is 2. The van der Waals surface area contributed by atoms with E-state index in [2.05, 4.69) is 10.6 Å². The van der Waals surface area contributed by atoms with Gasteiger partial charge in [0.2, 0.25) is 5.91 Å². The van der Waals surface area contributed by atoms with Crippen molar-refractivity contribution in [2.24, 2.45) is 0 Å². The van der Waals surface area contributed by atoms with Gasteiger partial charge in [-0.05, 0) is 42.4 Å². The van der Waals surface area contributed by atoms with Crippen LogP contribution < -0.4 is 10.6 Å². The smallest absolute Gasteiger partial charge is 0.250 e. The summed E-state index contributed by atoms with van der Waals surface area (Å²) in [4.78, 5) is 11.8. The lowest BCUT2D eigenvalue weighted by Crippen LogP contribution is -2.33. The summed E-state index contributed by atoms with van der Waals surface area (Å²) in [6, 6.07) is 17.4. The van der Waals surface area contributed by atoms with Crippen LogP contribution in [0.15, 0.2) is 60.7 Å². The number of hydrogen-bond donors (Lipinski definition) is 2. The molecule has 0 atom stereocenters. The van der Waals surface area contributed by atoms with E-state index in [-0.39, 0.29) is 11.0 Å². The van der Waals surface area contributed by atoms with E-state index in [9.17, 15) is 4.79 Å². The lowest BCUT2D eigenvalue weighted by atomic mass is 10.2. The van der Waals surface area contributed by atoms with Crippen molar-refractivity contribution in [1.82, 2.24) is 5.32 Å². The Morgan fingerprint density at radius 3 is 2.43 bits per heavy atom. The molecule has 0 saturated carbocycles. The van der Waals surface area contributed by atoms with Crippen LogP contribution in [-0.2, 0) is 4.79 Å². The highest BCUT2D eigenvalue weighted by atomic mass is 32.1. The zero-order valence-corrected chi connectivity index (χ0v) is 12.5. The molecular weight excluding hydrogens is 280 g/mol. The number of carbonyl (C=O) groups excluding carboxylic acids is 1. The Kier molecular flexibility index (Phi) is 5.23. The SMILES string of the molecule is Cc1ccccc1NC(=S)NC(=O)/C=C/c1ccccc1. The summed E-state index contributed by atoms with van der Waals surface area (Å²) in [6.45, 7) is 1.97. The maximum Gasteiger partial charge on any atom is 0.250 e. The minimum atomic E-state index is -0.259. The van der Waals surface area contributed by atoms with E-state index in [1.807, 2.05) is 61.5 Å². The first-order chi connectivity index (χ1) is 10.1. The Bertz CT molecular complexity index is 666. The van der Waals surface area contributed by atoms with E-state index in [0.717, 1.165) is 16.8 Å². The molecular formula is C17H16N2OS. The molecule has 2 rings (SSSR count). The Labute approximate surface area is 129 Å². The lowest BCUT2D eigenvalue weighted by molar-refractivity contribution is -0.115. The van der Waals surface area contributed by atoms with Gasteiger partial charge in [0.15, 0.2) is 5.11 Å². The van der Waals surface area contributed by atoms with Crippen LogP contribution in [0.3, 0.4) is 0 Å². The van der Waals surface area contributed by atoms with E-state index in [1.165, 1.54) is 6.08 Å². The largest absolute Gasteiger partial charge is 0.332 e. The third kappa shape index (κ3) is 4.85. The first kappa shape index (κ1) is 14.9. The molecule has 3 nitrogen and oxygen atoms in total. The second-order valence-corrected chi connectivity index (χ2v) is 4.91. The second kappa shape index (κ2) is 7.36. The standard InChI is InChI=1S/C17H16N2OS/c1-13-7-5-6-10-15(13)18-17(21)19-16(20)12-11-14-8-3-2-4-9-14/h2-12H,1H3,(H2,18,19,20,21)/b12-11+. The molecule has 4 heteroatoms. The second-order valence-electron chi connectivity index (χ2n) is 4.50. The van der Waals surface area contributed by atoms with Crippen LogP contribution in [0.5, 0.6) is 0 Å². The van der Waals surface area contributed by atoms with Gasteiger partial charge in [0.25, 0.3) is 0 Å². The molecule has 2 aromatic carbocycles. The van der Waals surface area contributed by atoms with Gasteiger partial charge in [-0.1, -0.05) is 48.5 Å². The van der Waals surface area contributed by atoms with Gasteiger partial charge in [-0.25, -0.2) is 0 Å². The normalized spacial score (nSPS) is 10.3. The third-order valence-electron chi connectivity index (χ3n) is 2.86. The van der Waals surface area contributed by atoms with E-state index >= 15 is 0 Å². The Morgan fingerprint density at radius 2 is 1.71 bits per heavy atom. The van der Waals surface area contributed by atoms with Gasteiger partial charge in [-0.15, -0.1) is 0 Å². The van der Waals surface area contributed by atoms with Gasteiger partial charge in [0.1, 0.15) is 0 Å². The molecule has 0 unspecified atom stereocenters. The number of anilines is 1. The summed E-state index contributed by atoms with van der Waals surface area (Å²) in [5, 5.41) is 5.91. The minimum absolute atomic E-state index is 0.259. The van der Waals surface area contributed by atoms with Crippen molar-refractivity contribution in [3.05, 3.63) is 71.8 Å². The molecule has 2 N–H and O–H groups in total. The van der Waals surface area contributed by atoms with Gasteiger partial charge in [-0.3, -0.25) is 10.1 Å². The van der Waals surface area contributed by atoms with E-state index < -0.39 is 0 Å². The molecule has 0 bridgehead atoms. The Balaban J connectivity index is 1.90. The van der Waals surface area contributed by atoms with E-state index in [1.54, 1.807) is 6.08 Å². The van der Waals surface area contributed by atoms with Crippen molar-refractivity contribution < 1.29 is 4.79 Å². The molecule has 0 radical (unpaired) electrons. The predicted octanol–water partition coefficient (Wildman–Crippen LogP) is 3.52. The molecule has 0 fully saturated rings. The fourth-order valence-electron chi connectivity index (χ4n) is 1.76. The molecule has 0 saturated heterocycles. The quantitative estimate of drug-likeness (QED) is 0.672. The Hall–Kier alpha value is -2.46. The number of aryl methyl sites for hydroxylation is 1. The maximum atomic E-state index is 11.8. The molecule has 0 aliphatic carbocycles. The van der Waals surface area contributed by atoms with Crippen LogP contribution >= 0.6 is 12.2 Å². The lowest BCUT2D eigenvalue weighted by Gasteiger charge is -2.10. The van der Waals surface area contributed by atoms with Crippen molar-refractivity contribution in [3.8, 4) is 0 Å². The summed E-state index contributed by atoms with van der Waals surface area (Å²) in [5.41, 5.74) is 2.91. The molecule has 21 heavy (non-hydrogen) atoms. The fraction of sp³-hybridized carbons (Fsp3) is 0.0588. The van der Waals surface area contributed by atoms with E-state index in [4.69, 9.17) is 12.2 Å². The highest BCUT2D eigenvalue weighted by molar-refractivity contribution is 7.80. The molecule has 0 aliphatic heterocycles. The van der Waals surface area contributed by atoms with Crippen LogP contribution in [0.1, 0.15) is 11.1 Å². The van der Waals surface area contributed by atoms with Gasteiger partial charge in [-0.2, -0.15) is 0 Å². The monoisotopic (exact) mass is 296 g/mol. The summed E-state index contributed by atoms with van der Waals surface area (Å²) in [6.07, 6.45) is 3.20. The van der Waals surface area contributed by atoms with E-state index in [0.29, 0.717) is 0 Å². The van der Waals surface area contributed by atoms with Crippen molar-refractivity contribution in [2.75, 3.05) is 5.32 Å². The molecule has 0 spiro atoms. The van der Waals surface area contributed by atoms with Crippen LogP contribution in [0.2, 0.25) is 0 Å². The van der Waals surface area contributed by atoms with Crippen molar-refractivity contribution in [1.29, 1.82) is 0 Å². The average molecular weight is 296 g/mol. The highest BCUT2D eigenvalue weighted by Crippen LogP contribution is 2.12. The minimum Gasteiger partial charge on any atom is -0.332 e. The number of rotatable bonds is 3. The van der Waals surface area contributed by atoms with Crippen LogP contribution in [-0.4, -0.2) is 11.0 Å². The molecule has 1 amide bonds. The summed E-state index contributed by atoms with van der Waals surface area (Å²) < 4.78 is 0.